The van der Waals surface area contributed by atoms with Crippen molar-refractivity contribution >= 4 is 11.3 Å². The molecule has 1 aliphatic rings. The Balaban J connectivity index is 1.69. The molecule has 4 heterocycles. The molecule has 1 fully saturated rings. The lowest BCUT2D eigenvalue weighted by atomic mass is 9.93. The van der Waals surface area contributed by atoms with E-state index in [1.807, 2.05) is 26.2 Å². The Labute approximate surface area is 170 Å². The molecule has 3 aromatic rings. The number of hydrogen-bond donors (Lipinski definition) is 1. The van der Waals surface area contributed by atoms with E-state index in [2.05, 4.69) is 40.4 Å². The number of rotatable bonds is 5. The molecule has 1 N–H and O–H groups in total. The molecule has 150 valence electrons. The largest absolute Gasteiger partial charge is 0.492 e. The van der Waals surface area contributed by atoms with Gasteiger partial charge in [0.2, 0.25) is 0 Å². The fraction of sp³-hybridized carbons (Fsp3) is 0.409. The van der Waals surface area contributed by atoms with Crippen LogP contribution in [0.5, 0.6) is 5.75 Å². The van der Waals surface area contributed by atoms with Crippen molar-refractivity contribution in [2.45, 2.75) is 26.3 Å². The number of likely N-dealkylation sites (N-methyl/N-ethyl adjacent to an activating group) is 1. The predicted octanol–water partition coefficient (Wildman–Crippen LogP) is 3.10. The van der Waals surface area contributed by atoms with Crippen LogP contribution in [-0.4, -0.2) is 47.4 Å². The molecular weight excluding hydrogens is 364 g/mol. The first-order valence-electron chi connectivity index (χ1n) is 10.1. The fourth-order valence-corrected chi connectivity index (χ4v) is 4.03. The molecule has 29 heavy (non-hydrogen) atoms. The summed E-state index contributed by atoms with van der Waals surface area (Å²) < 4.78 is 7.40. The van der Waals surface area contributed by atoms with Crippen LogP contribution in [0, 0.1) is 17.2 Å². The van der Waals surface area contributed by atoms with Crippen LogP contribution in [-0.2, 0) is 0 Å². The maximum Gasteiger partial charge on any atom is 0.138 e. The van der Waals surface area contributed by atoms with Crippen molar-refractivity contribution in [2.24, 2.45) is 5.92 Å². The third kappa shape index (κ3) is 3.64. The minimum absolute atomic E-state index is 0.470. The van der Waals surface area contributed by atoms with Crippen LogP contribution in [0.4, 0.5) is 5.82 Å². The SMILES string of the molecule is CCOc1cc(-c2ccc(N3CCC(C)C(NC)C3)nc2)c2c(C#N)cnn2c1. The summed E-state index contributed by atoms with van der Waals surface area (Å²) in [5.41, 5.74) is 3.14. The van der Waals surface area contributed by atoms with E-state index in [0.29, 0.717) is 29.9 Å². The molecule has 0 bridgehead atoms. The van der Waals surface area contributed by atoms with E-state index in [-0.39, 0.29) is 0 Å². The number of nitrogens with zero attached hydrogens (tertiary/aromatic N) is 5. The number of aromatic nitrogens is 3. The van der Waals surface area contributed by atoms with Crippen LogP contribution in [0.15, 0.2) is 36.8 Å². The number of anilines is 1. The summed E-state index contributed by atoms with van der Waals surface area (Å²) in [5, 5.41) is 17.2. The summed E-state index contributed by atoms with van der Waals surface area (Å²) in [6.45, 7) is 6.77. The van der Waals surface area contributed by atoms with E-state index in [9.17, 15) is 5.26 Å². The highest BCUT2D eigenvalue weighted by atomic mass is 16.5. The predicted molar refractivity (Wildman–Crippen MR) is 113 cm³/mol. The third-order valence-electron chi connectivity index (χ3n) is 5.73. The van der Waals surface area contributed by atoms with E-state index < -0.39 is 0 Å². The highest BCUT2D eigenvalue weighted by Crippen LogP contribution is 2.31. The fourth-order valence-electron chi connectivity index (χ4n) is 4.03. The molecular formula is C22H26N6O. The first kappa shape index (κ1) is 19.2. The Morgan fingerprint density at radius 1 is 1.34 bits per heavy atom. The number of nitrogens with one attached hydrogen (secondary N) is 1. The molecule has 7 nitrogen and oxygen atoms in total. The van der Waals surface area contributed by atoms with E-state index in [0.717, 1.165) is 42.0 Å². The van der Waals surface area contributed by atoms with Gasteiger partial charge in [0.25, 0.3) is 0 Å². The van der Waals surface area contributed by atoms with Gasteiger partial charge >= 0.3 is 0 Å². The lowest BCUT2D eigenvalue weighted by Crippen LogP contribution is -2.49. The van der Waals surface area contributed by atoms with Gasteiger partial charge in [-0.3, -0.25) is 0 Å². The van der Waals surface area contributed by atoms with Crippen molar-refractivity contribution in [1.82, 2.24) is 19.9 Å². The zero-order valence-electron chi connectivity index (χ0n) is 17.1. The Morgan fingerprint density at radius 3 is 2.90 bits per heavy atom. The van der Waals surface area contributed by atoms with Gasteiger partial charge in [0, 0.05) is 36.5 Å². The summed E-state index contributed by atoms with van der Waals surface area (Å²) >= 11 is 0. The van der Waals surface area contributed by atoms with Gasteiger partial charge in [-0.2, -0.15) is 10.4 Å². The van der Waals surface area contributed by atoms with E-state index >= 15 is 0 Å². The monoisotopic (exact) mass is 390 g/mol. The van der Waals surface area contributed by atoms with Crippen LogP contribution in [0.1, 0.15) is 25.8 Å². The van der Waals surface area contributed by atoms with Crippen LogP contribution >= 0.6 is 0 Å². The minimum Gasteiger partial charge on any atom is -0.492 e. The van der Waals surface area contributed by atoms with Crippen molar-refractivity contribution in [2.75, 3.05) is 31.6 Å². The lowest BCUT2D eigenvalue weighted by molar-refractivity contribution is 0.337. The standard InChI is InChI=1S/C22H26N6O/c1-4-29-18-9-19(22-17(10-23)12-26-28(22)13-18)16-5-6-21(25-11-16)27-8-7-15(2)20(14-27)24-3/h5-6,9,11-13,15,20,24H,4,7-8,14H2,1-3H3. The Bertz CT molecular complexity index is 1040. The van der Waals surface area contributed by atoms with Gasteiger partial charge in [-0.1, -0.05) is 6.92 Å². The second-order valence-electron chi connectivity index (χ2n) is 7.50. The minimum atomic E-state index is 0.470. The van der Waals surface area contributed by atoms with Gasteiger partial charge in [0.1, 0.15) is 17.6 Å². The molecule has 2 atom stereocenters. The zero-order chi connectivity index (χ0) is 20.4. The van der Waals surface area contributed by atoms with Gasteiger partial charge in [0.05, 0.1) is 30.1 Å². The Hall–Kier alpha value is -3.11. The third-order valence-corrected chi connectivity index (χ3v) is 5.73. The summed E-state index contributed by atoms with van der Waals surface area (Å²) in [4.78, 5) is 7.07. The summed E-state index contributed by atoms with van der Waals surface area (Å²) in [6, 6.07) is 8.78. The van der Waals surface area contributed by atoms with E-state index in [4.69, 9.17) is 9.72 Å². The van der Waals surface area contributed by atoms with Gasteiger partial charge in [-0.15, -0.1) is 0 Å². The molecule has 1 saturated heterocycles. The normalized spacial score (nSPS) is 19.3. The van der Waals surface area contributed by atoms with Gasteiger partial charge in [-0.25, -0.2) is 9.50 Å². The Kier molecular flexibility index (Phi) is 5.36. The molecule has 1 aliphatic heterocycles. The first-order valence-corrected chi connectivity index (χ1v) is 10.1. The zero-order valence-corrected chi connectivity index (χ0v) is 17.1. The summed E-state index contributed by atoms with van der Waals surface area (Å²) in [5.74, 6) is 2.36. The number of pyridine rings is 2. The van der Waals surface area contributed by atoms with Crippen molar-refractivity contribution in [1.29, 1.82) is 5.26 Å². The van der Waals surface area contributed by atoms with Gasteiger partial charge in [-0.05, 0) is 44.5 Å². The second kappa shape index (κ2) is 8.10. The smallest absolute Gasteiger partial charge is 0.138 e. The molecule has 0 aromatic carbocycles. The number of fused-ring (bicyclic) bond motifs is 1. The highest BCUT2D eigenvalue weighted by molar-refractivity contribution is 5.85. The topological polar surface area (TPSA) is 78.5 Å². The van der Waals surface area contributed by atoms with Crippen LogP contribution in [0.25, 0.3) is 16.6 Å². The van der Waals surface area contributed by atoms with Gasteiger partial charge in [0.15, 0.2) is 0 Å². The quantitative estimate of drug-likeness (QED) is 0.721. The maximum atomic E-state index is 9.49. The number of nitriles is 1. The van der Waals surface area contributed by atoms with Crippen molar-refractivity contribution in [3.63, 3.8) is 0 Å². The highest BCUT2D eigenvalue weighted by Gasteiger charge is 2.25. The molecule has 0 saturated carbocycles. The average Bonchev–Trinajstić information content (AvgIpc) is 3.17. The second-order valence-corrected chi connectivity index (χ2v) is 7.50. The Morgan fingerprint density at radius 2 is 2.21 bits per heavy atom. The molecule has 7 heteroatoms. The molecule has 3 aromatic heterocycles. The number of hydrogen-bond acceptors (Lipinski definition) is 6. The lowest BCUT2D eigenvalue weighted by Gasteiger charge is -2.37. The van der Waals surface area contributed by atoms with Crippen LogP contribution in [0.3, 0.4) is 0 Å². The van der Waals surface area contributed by atoms with Gasteiger partial charge < -0.3 is 15.0 Å². The molecule has 0 amide bonds. The van der Waals surface area contributed by atoms with Crippen molar-refractivity contribution < 1.29 is 4.74 Å². The molecule has 0 aliphatic carbocycles. The van der Waals surface area contributed by atoms with Crippen LogP contribution in [0.2, 0.25) is 0 Å². The van der Waals surface area contributed by atoms with E-state index in [1.165, 1.54) is 0 Å². The van der Waals surface area contributed by atoms with Crippen molar-refractivity contribution in [3.05, 3.63) is 42.4 Å². The molecule has 0 spiro atoms. The molecule has 2 unspecified atom stereocenters. The number of ether oxygens (including phenoxy) is 1. The average molecular weight is 390 g/mol. The maximum absolute atomic E-state index is 9.49. The van der Waals surface area contributed by atoms with Crippen LogP contribution < -0.4 is 15.0 Å². The molecule has 4 rings (SSSR count). The van der Waals surface area contributed by atoms with Crippen molar-refractivity contribution in [3.8, 4) is 22.9 Å². The first-order chi connectivity index (χ1) is 14.1. The molecule has 0 radical (unpaired) electrons. The summed E-state index contributed by atoms with van der Waals surface area (Å²) in [6.07, 6.45) is 6.41. The number of piperidine rings is 1. The summed E-state index contributed by atoms with van der Waals surface area (Å²) in [7, 11) is 2.02. The van der Waals surface area contributed by atoms with E-state index in [1.54, 1.807) is 16.9 Å².